The van der Waals surface area contributed by atoms with Crippen LogP contribution >= 0.6 is 0 Å². The predicted octanol–water partition coefficient (Wildman–Crippen LogP) is 3.45. The number of hydrogen-bond donors (Lipinski definition) is 1. The lowest BCUT2D eigenvalue weighted by molar-refractivity contribution is 0.340. The Kier molecular flexibility index (Phi) is 4.56. The fourth-order valence-corrected chi connectivity index (χ4v) is 2.12. The molecule has 0 spiro atoms. The fraction of sp³-hybridized carbons (Fsp3) is 0.375. The standard InChI is InChI=1S/C16H21N3O/c1-5-14-18-15(11(3)16(17-4)19-14)12-7-9-13(10-8-12)20-6-2/h7-10H,5-6H2,1-4H3,(H,17,18,19). The van der Waals surface area contributed by atoms with E-state index in [1.807, 2.05) is 45.2 Å². The van der Waals surface area contributed by atoms with Gasteiger partial charge in [-0.1, -0.05) is 6.92 Å². The molecule has 0 bridgehead atoms. The molecule has 0 amide bonds. The Balaban J connectivity index is 2.45. The van der Waals surface area contributed by atoms with Crippen LogP contribution in [0.3, 0.4) is 0 Å². The first-order valence-corrected chi connectivity index (χ1v) is 6.98. The van der Waals surface area contributed by atoms with E-state index in [1.165, 1.54) is 0 Å². The smallest absolute Gasteiger partial charge is 0.132 e. The Hall–Kier alpha value is -2.10. The highest BCUT2D eigenvalue weighted by atomic mass is 16.5. The number of rotatable bonds is 5. The van der Waals surface area contributed by atoms with Gasteiger partial charge in [0.15, 0.2) is 0 Å². The number of nitrogens with zero attached hydrogens (tertiary/aromatic N) is 2. The average molecular weight is 271 g/mol. The van der Waals surface area contributed by atoms with Gasteiger partial charge in [0.2, 0.25) is 0 Å². The monoisotopic (exact) mass is 271 g/mol. The number of aromatic nitrogens is 2. The molecule has 106 valence electrons. The van der Waals surface area contributed by atoms with Gasteiger partial charge in [0, 0.05) is 24.6 Å². The van der Waals surface area contributed by atoms with Gasteiger partial charge in [-0.25, -0.2) is 9.97 Å². The fourth-order valence-electron chi connectivity index (χ4n) is 2.12. The van der Waals surface area contributed by atoms with Gasteiger partial charge in [-0.3, -0.25) is 0 Å². The molecule has 1 heterocycles. The molecule has 4 heteroatoms. The summed E-state index contributed by atoms with van der Waals surface area (Å²) in [5.74, 6) is 2.62. The van der Waals surface area contributed by atoms with Gasteiger partial charge in [-0.05, 0) is 38.1 Å². The maximum Gasteiger partial charge on any atom is 0.132 e. The molecule has 0 atom stereocenters. The molecule has 0 saturated carbocycles. The van der Waals surface area contributed by atoms with Crippen molar-refractivity contribution in [2.24, 2.45) is 0 Å². The number of nitrogens with one attached hydrogen (secondary N) is 1. The van der Waals surface area contributed by atoms with Gasteiger partial charge in [-0.15, -0.1) is 0 Å². The highest BCUT2D eigenvalue weighted by molar-refractivity contribution is 5.68. The molecule has 20 heavy (non-hydrogen) atoms. The zero-order chi connectivity index (χ0) is 14.5. The molecule has 2 aromatic rings. The van der Waals surface area contributed by atoms with Crippen molar-refractivity contribution in [3.05, 3.63) is 35.7 Å². The molecule has 1 aromatic heterocycles. The predicted molar refractivity (Wildman–Crippen MR) is 82.3 cm³/mol. The number of aryl methyl sites for hydroxylation is 1. The largest absolute Gasteiger partial charge is 0.494 e. The van der Waals surface area contributed by atoms with Crippen LogP contribution in [0.2, 0.25) is 0 Å². The van der Waals surface area contributed by atoms with Gasteiger partial charge < -0.3 is 10.1 Å². The lowest BCUT2D eigenvalue weighted by Gasteiger charge is -2.12. The van der Waals surface area contributed by atoms with Gasteiger partial charge in [-0.2, -0.15) is 0 Å². The van der Waals surface area contributed by atoms with Crippen LogP contribution in [-0.2, 0) is 6.42 Å². The summed E-state index contributed by atoms with van der Waals surface area (Å²) in [7, 11) is 1.89. The van der Waals surface area contributed by atoms with E-state index in [0.29, 0.717) is 6.61 Å². The minimum absolute atomic E-state index is 0.676. The van der Waals surface area contributed by atoms with E-state index in [2.05, 4.69) is 22.2 Å². The molecule has 0 aliphatic carbocycles. The Labute approximate surface area is 120 Å². The van der Waals surface area contributed by atoms with E-state index in [-0.39, 0.29) is 0 Å². The lowest BCUT2D eigenvalue weighted by atomic mass is 10.1. The molecule has 0 radical (unpaired) electrons. The van der Waals surface area contributed by atoms with E-state index in [9.17, 15) is 0 Å². The van der Waals surface area contributed by atoms with Crippen molar-refractivity contribution in [3.63, 3.8) is 0 Å². The summed E-state index contributed by atoms with van der Waals surface area (Å²) in [5.41, 5.74) is 3.12. The summed E-state index contributed by atoms with van der Waals surface area (Å²) in [5, 5.41) is 3.14. The van der Waals surface area contributed by atoms with Gasteiger partial charge >= 0.3 is 0 Å². The Morgan fingerprint density at radius 2 is 1.80 bits per heavy atom. The second-order valence-electron chi connectivity index (χ2n) is 4.52. The SMILES string of the molecule is CCOc1ccc(-c2nc(CC)nc(NC)c2C)cc1. The van der Waals surface area contributed by atoms with E-state index in [0.717, 1.165) is 40.6 Å². The molecule has 0 saturated heterocycles. The second-order valence-corrected chi connectivity index (χ2v) is 4.52. The quantitative estimate of drug-likeness (QED) is 0.904. The first kappa shape index (κ1) is 14.3. The maximum absolute atomic E-state index is 5.47. The third-order valence-corrected chi connectivity index (χ3v) is 3.18. The van der Waals surface area contributed by atoms with Crippen molar-refractivity contribution in [1.29, 1.82) is 0 Å². The normalized spacial score (nSPS) is 10.4. The summed E-state index contributed by atoms with van der Waals surface area (Å²) in [6.07, 6.45) is 0.818. The van der Waals surface area contributed by atoms with E-state index in [1.54, 1.807) is 0 Å². The molecule has 1 aromatic carbocycles. The summed E-state index contributed by atoms with van der Waals surface area (Å²) in [4.78, 5) is 9.15. The number of ether oxygens (including phenoxy) is 1. The summed E-state index contributed by atoms with van der Waals surface area (Å²) in [6, 6.07) is 8.04. The number of anilines is 1. The summed E-state index contributed by atoms with van der Waals surface area (Å²) in [6.45, 7) is 6.76. The van der Waals surface area contributed by atoms with Crippen molar-refractivity contribution in [3.8, 4) is 17.0 Å². The van der Waals surface area contributed by atoms with E-state index < -0.39 is 0 Å². The molecule has 0 aliphatic heterocycles. The van der Waals surface area contributed by atoms with Crippen LogP contribution in [0.5, 0.6) is 5.75 Å². The molecule has 0 fully saturated rings. The van der Waals surface area contributed by atoms with Crippen molar-refractivity contribution in [2.45, 2.75) is 27.2 Å². The van der Waals surface area contributed by atoms with E-state index >= 15 is 0 Å². The van der Waals surface area contributed by atoms with Crippen LogP contribution in [-0.4, -0.2) is 23.6 Å². The minimum atomic E-state index is 0.676. The van der Waals surface area contributed by atoms with E-state index in [4.69, 9.17) is 4.74 Å². The van der Waals surface area contributed by atoms with Crippen LogP contribution in [0.15, 0.2) is 24.3 Å². The van der Waals surface area contributed by atoms with Crippen LogP contribution in [0.25, 0.3) is 11.3 Å². The molecule has 4 nitrogen and oxygen atoms in total. The molecule has 0 unspecified atom stereocenters. The van der Waals surface area contributed by atoms with Gasteiger partial charge in [0.25, 0.3) is 0 Å². The van der Waals surface area contributed by atoms with Crippen molar-refractivity contribution in [1.82, 2.24) is 9.97 Å². The maximum atomic E-state index is 5.47. The van der Waals surface area contributed by atoms with Gasteiger partial charge in [0.05, 0.1) is 12.3 Å². The van der Waals surface area contributed by atoms with Crippen molar-refractivity contribution in [2.75, 3.05) is 19.0 Å². The lowest BCUT2D eigenvalue weighted by Crippen LogP contribution is -2.04. The highest BCUT2D eigenvalue weighted by Gasteiger charge is 2.11. The molecule has 2 rings (SSSR count). The van der Waals surface area contributed by atoms with Crippen LogP contribution < -0.4 is 10.1 Å². The highest BCUT2D eigenvalue weighted by Crippen LogP contribution is 2.27. The van der Waals surface area contributed by atoms with Crippen LogP contribution in [0.1, 0.15) is 25.2 Å². The Bertz CT molecular complexity index is 579. The van der Waals surface area contributed by atoms with Crippen LogP contribution in [0.4, 0.5) is 5.82 Å². The third kappa shape index (κ3) is 2.90. The average Bonchev–Trinajstić information content (AvgIpc) is 2.49. The molecule has 1 N–H and O–H groups in total. The third-order valence-electron chi connectivity index (χ3n) is 3.18. The summed E-state index contributed by atoms with van der Waals surface area (Å²) >= 11 is 0. The second kappa shape index (κ2) is 6.37. The first-order valence-electron chi connectivity index (χ1n) is 6.98. The molecular weight excluding hydrogens is 250 g/mol. The Morgan fingerprint density at radius 1 is 1.10 bits per heavy atom. The number of hydrogen-bond acceptors (Lipinski definition) is 4. The summed E-state index contributed by atoms with van der Waals surface area (Å²) < 4.78 is 5.47. The van der Waals surface area contributed by atoms with Crippen molar-refractivity contribution < 1.29 is 4.74 Å². The Morgan fingerprint density at radius 3 is 2.35 bits per heavy atom. The topological polar surface area (TPSA) is 47.0 Å². The number of benzene rings is 1. The molecule has 0 aliphatic rings. The van der Waals surface area contributed by atoms with Crippen molar-refractivity contribution >= 4 is 5.82 Å². The minimum Gasteiger partial charge on any atom is -0.494 e. The zero-order valence-electron chi connectivity index (χ0n) is 12.5. The zero-order valence-corrected chi connectivity index (χ0v) is 12.5. The van der Waals surface area contributed by atoms with Gasteiger partial charge in [0.1, 0.15) is 17.4 Å². The first-order chi connectivity index (χ1) is 9.69. The molecular formula is C16H21N3O. The van der Waals surface area contributed by atoms with Crippen LogP contribution in [0, 0.1) is 6.92 Å².